The summed E-state index contributed by atoms with van der Waals surface area (Å²) in [5.41, 5.74) is 1.44. The number of nitrogens with two attached hydrogens (primary N) is 1. The minimum absolute atomic E-state index is 0.159. The van der Waals surface area contributed by atoms with Gasteiger partial charge in [-0.3, -0.25) is 10.1 Å². The van der Waals surface area contributed by atoms with E-state index in [4.69, 9.17) is 5.14 Å². The first-order valence-electron chi connectivity index (χ1n) is 5.76. The molecule has 1 aromatic carbocycles. The molecule has 0 spiro atoms. The second-order valence-corrected chi connectivity index (χ2v) is 5.80. The third-order valence-corrected chi connectivity index (χ3v) is 3.11. The molecule has 8 nitrogen and oxygen atoms in total. The number of primary sulfonamides is 1. The quantitative estimate of drug-likeness (QED) is 0.675. The highest BCUT2D eigenvalue weighted by Gasteiger charge is 2.10. The van der Waals surface area contributed by atoms with Gasteiger partial charge in [-0.1, -0.05) is 0 Å². The summed E-state index contributed by atoms with van der Waals surface area (Å²) in [5, 5.41) is 16.6. The Morgan fingerprint density at radius 3 is 2.62 bits per heavy atom. The molecule has 0 aliphatic heterocycles. The monoisotopic (exact) mass is 308 g/mol. The lowest BCUT2D eigenvalue weighted by Gasteiger charge is -2.04. The molecule has 21 heavy (non-hydrogen) atoms. The summed E-state index contributed by atoms with van der Waals surface area (Å²) in [6.07, 6.45) is 4.42. The molecule has 1 heterocycles. The smallest absolute Gasteiger partial charge is 0.272 e. The maximum atomic E-state index is 11.0. The summed E-state index contributed by atoms with van der Waals surface area (Å²) in [6.45, 7) is 1.79. The van der Waals surface area contributed by atoms with Gasteiger partial charge in [-0.2, -0.15) is 0 Å². The molecule has 1 aromatic heterocycles. The van der Waals surface area contributed by atoms with Gasteiger partial charge in [-0.15, -0.1) is 0 Å². The normalized spacial score (nSPS) is 11.9. The van der Waals surface area contributed by atoms with E-state index in [-0.39, 0.29) is 5.69 Å². The third kappa shape index (κ3) is 3.97. The second kappa shape index (κ2) is 5.46. The maximum Gasteiger partial charge on any atom is 0.272 e. The fraction of sp³-hybridized carbons (Fsp3) is 0.0833. The zero-order valence-corrected chi connectivity index (χ0v) is 11.8. The van der Waals surface area contributed by atoms with Gasteiger partial charge in [0.15, 0.2) is 0 Å². The predicted molar refractivity (Wildman–Crippen MR) is 77.1 cm³/mol. The van der Waals surface area contributed by atoms with Crippen LogP contribution in [0.2, 0.25) is 0 Å². The first-order chi connectivity index (χ1) is 9.74. The molecule has 2 aromatic rings. The number of aromatic nitrogens is 2. The van der Waals surface area contributed by atoms with E-state index in [0.717, 1.165) is 11.1 Å². The molecule has 110 valence electrons. The van der Waals surface area contributed by atoms with E-state index in [9.17, 15) is 18.5 Å². The Hall–Kier alpha value is -2.52. The first kappa shape index (κ1) is 14.9. The van der Waals surface area contributed by atoms with E-state index in [1.54, 1.807) is 23.8 Å². The van der Waals surface area contributed by atoms with Crippen LogP contribution in [0, 0.1) is 17.0 Å². The molecule has 0 amide bonds. The molecule has 0 aliphatic rings. The molecule has 0 unspecified atom stereocenters. The molecule has 2 rings (SSSR count). The van der Waals surface area contributed by atoms with Crippen molar-refractivity contribution in [2.24, 2.45) is 5.14 Å². The minimum atomic E-state index is -3.80. The van der Waals surface area contributed by atoms with Gasteiger partial charge in [-0.05, 0) is 24.6 Å². The number of nitro benzene ring substituents is 1. The highest BCUT2D eigenvalue weighted by molar-refractivity contribution is 7.92. The predicted octanol–water partition coefficient (Wildman–Crippen LogP) is 1.35. The average molecular weight is 308 g/mol. The number of non-ortho nitro benzene ring substituents is 1. The molecule has 0 bridgehead atoms. The van der Waals surface area contributed by atoms with Gasteiger partial charge in [0.25, 0.3) is 5.69 Å². The third-order valence-electron chi connectivity index (χ3n) is 2.60. The van der Waals surface area contributed by atoms with Crippen molar-refractivity contribution in [2.45, 2.75) is 6.92 Å². The van der Waals surface area contributed by atoms with Crippen LogP contribution in [0.3, 0.4) is 0 Å². The van der Waals surface area contributed by atoms with Gasteiger partial charge in [0.2, 0.25) is 10.0 Å². The van der Waals surface area contributed by atoms with E-state index >= 15 is 0 Å². The standard InChI is InChI=1S/C12H12N4O4S/c1-9-7-15(8-14-9)11-4-10(2-3-21(13,19)20)5-12(6-11)16(17)18/h2-8H,1H3,(H2,13,19,20)/b3-2+. The number of benzene rings is 1. The Kier molecular flexibility index (Phi) is 3.87. The molecule has 0 aliphatic carbocycles. The Bertz CT molecular complexity index is 824. The highest BCUT2D eigenvalue weighted by atomic mass is 32.2. The minimum Gasteiger partial charge on any atom is -0.306 e. The van der Waals surface area contributed by atoms with E-state index in [0.29, 0.717) is 11.3 Å². The number of nitro groups is 1. The number of nitrogens with zero attached hydrogens (tertiary/aromatic N) is 3. The van der Waals surface area contributed by atoms with Crippen molar-refractivity contribution in [2.75, 3.05) is 0 Å². The van der Waals surface area contributed by atoms with Crippen LogP contribution in [0.1, 0.15) is 11.3 Å². The molecule has 9 heteroatoms. The summed E-state index contributed by atoms with van der Waals surface area (Å²) < 4.78 is 23.5. The number of imidazole rings is 1. The van der Waals surface area contributed by atoms with Crippen LogP contribution in [-0.2, 0) is 10.0 Å². The number of hydrogen-bond donors (Lipinski definition) is 1. The van der Waals surface area contributed by atoms with Crippen LogP contribution in [0.5, 0.6) is 0 Å². The topological polar surface area (TPSA) is 121 Å². The summed E-state index contributed by atoms with van der Waals surface area (Å²) in [5.74, 6) is 0. The van der Waals surface area contributed by atoms with Gasteiger partial charge in [0.1, 0.15) is 0 Å². The van der Waals surface area contributed by atoms with E-state index in [1.165, 1.54) is 24.5 Å². The van der Waals surface area contributed by atoms with Crippen molar-refractivity contribution >= 4 is 21.8 Å². The summed E-state index contributed by atoms with van der Waals surface area (Å²) >= 11 is 0. The molecule has 0 atom stereocenters. The number of aryl methyl sites for hydroxylation is 1. The van der Waals surface area contributed by atoms with Crippen LogP contribution < -0.4 is 5.14 Å². The van der Waals surface area contributed by atoms with Crippen molar-refractivity contribution in [3.8, 4) is 5.69 Å². The zero-order valence-electron chi connectivity index (χ0n) is 11.0. The fourth-order valence-electron chi connectivity index (χ4n) is 1.70. The summed E-state index contributed by atoms with van der Waals surface area (Å²) in [4.78, 5) is 14.4. The van der Waals surface area contributed by atoms with Gasteiger partial charge in [-0.25, -0.2) is 18.5 Å². The number of sulfonamides is 1. The molecule has 0 fully saturated rings. The van der Waals surface area contributed by atoms with Crippen LogP contribution in [0.15, 0.2) is 36.1 Å². The highest BCUT2D eigenvalue weighted by Crippen LogP contribution is 2.21. The van der Waals surface area contributed by atoms with Crippen molar-refractivity contribution in [3.63, 3.8) is 0 Å². The molecule has 2 N–H and O–H groups in total. The second-order valence-electron chi connectivity index (χ2n) is 4.35. The molecular formula is C12H12N4O4S. The lowest BCUT2D eigenvalue weighted by molar-refractivity contribution is -0.384. The zero-order chi connectivity index (χ0) is 15.6. The van der Waals surface area contributed by atoms with Gasteiger partial charge >= 0.3 is 0 Å². The van der Waals surface area contributed by atoms with Gasteiger partial charge in [0.05, 0.1) is 22.6 Å². The summed E-state index contributed by atoms with van der Waals surface area (Å²) in [7, 11) is -3.80. The van der Waals surface area contributed by atoms with Crippen molar-refractivity contribution < 1.29 is 13.3 Å². The van der Waals surface area contributed by atoms with Crippen LogP contribution in [0.25, 0.3) is 11.8 Å². The Labute approximate surface area is 120 Å². The van der Waals surface area contributed by atoms with E-state index in [2.05, 4.69) is 4.98 Å². The lowest BCUT2D eigenvalue weighted by atomic mass is 10.1. The molecule has 0 radical (unpaired) electrons. The van der Waals surface area contributed by atoms with Gasteiger partial charge in [0, 0.05) is 23.7 Å². The SMILES string of the molecule is Cc1cn(-c2cc(/C=C/S(N)(=O)=O)cc([N+](=O)[O-])c2)cn1. The van der Waals surface area contributed by atoms with E-state index < -0.39 is 14.9 Å². The van der Waals surface area contributed by atoms with E-state index in [1.807, 2.05) is 0 Å². The molecule has 0 saturated heterocycles. The Balaban J connectivity index is 2.54. The molecular weight excluding hydrogens is 296 g/mol. The number of hydrogen-bond acceptors (Lipinski definition) is 5. The van der Waals surface area contributed by atoms with Crippen molar-refractivity contribution in [1.82, 2.24) is 9.55 Å². The van der Waals surface area contributed by atoms with Crippen molar-refractivity contribution in [1.29, 1.82) is 0 Å². The van der Waals surface area contributed by atoms with Crippen LogP contribution in [-0.4, -0.2) is 22.9 Å². The fourth-order valence-corrected chi connectivity index (χ4v) is 2.05. The van der Waals surface area contributed by atoms with Crippen LogP contribution in [0.4, 0.5) is 5.69 Å². The largest absolute Gasteiger partial charge is 0.306 e. The Morgan fingerprint density at radius 2 is 2.10 bits per heavy atom. The maximum absolute atomic E-state index is 11.0. The van der Waals surface area contributed by atoms with Crippen molar-refractivity contribution in [3.05, 3.63) is 57.5 Å². The molecule has 0 saturated carbocycles. The van der Waals surface area contributed by atoms with Crippen LogP contribution >= 0.6 is 0 Å². The summed E-state index contributed by atoms with van der Waals surface area (Å²) in [6, 6.07) is 4.22. The lowest BCUT2D eigenvalue weighted by Crippen LogP contribution is -2.06. The average Bonchev–Trinajstić information content (AvgIpc) is 2.82. The Morgan fingerprint density at radius 1 is 1.38 bits per heavy atom. The first-order valence-corrected chi connectivity index (χ1v) is 7.37. The van der Waals surface area contributed by atoms with Gasteiger partial charge < -0.3 is 4.57 Å². The number of rotatable bonds is 4.